The number of alkyl halides is 3. The van der Waals surface area contributed by atoms with Gasteiger partial charge >= 0.3 is 15.6 Å². The van der Waals surface area contributed by atoms with Gasteiger partial charge in [-0.2, -0.15) is 21.6 Å². The molecule has 1 aromatic carbocycles. The van der Waals surface area contributed by atoms with Crippen molar-refractivity contribution in [2.24, 2.45) is 0 Å². The van der Waals surface area contributed by atoms with Gasteiger partial charge in [0.2, 0.25) is 0 Å². The molecule has 1 saturated heterocycles. The van der Waals surface area contributed by atoms with Crippen molar-refractivity contribution in [1.82, 2.24) is 14.9 Å². The lowest BCUT2D eigenvalue weighted by molar-refractivity contribution is -0.138. The average Bonchev–Trinajstić information content (AvgIpc) is 2.80. The molecule has 1 fully saturated rings. The quantitative estimate of drug-likeness (QED) is 0.210. The number of hydrogen-bond donors (Lipinski definition) is 0. The number of likely N-dealkylation sites (tertiary alicyclic amines) is 1. The minimum absolute atomic E-state index is 0.0945. The number of aromatic nitrogens is 2. The molecule has 2 aromatic rings. The van der Waals surface area contributed by atoms with Crippen LogP contribution in [0.25, 0.3) is 10.9 Å². The lowest BCUT2D eigenvalue weighted by Crippen LogP contribution is -2.35. The molecule has 0 radical (unpaired) electrons. The Morgan fingerprint density at radius 2 is 1.63 bits per heavy atom. The Morgan fingerprint density at radius 3 is 2.08 bits per heavy atom. The molecular weight excluding hydrogens is 527 g/mol. The molecule has 13 heteroatoms. The zero-order valence-electron chi connectivity index (χ0n) is 22.7. The third-order valence-electron chi connectivity index (χ3n) is 4.94. The number of piperidine rings is 1. The highest BCUT2D eigenvalue weighted by Crippen LogP contribution is 2.37. The maximum atomic E-state index is 12.7. The summed E-state index contributed by atoms with van der Waals surface area (Å²) in [7, 11) is -3.87. The number of ether oxygens (including phenoxy) is 2. The van der Waals surface area contributed by atoms with Crippen LogP contribution in [0.3, 0.4) is 0 Å². The summed E-state index contributed by atoms with van der Waals surface area (Å²) in [6.45, 7) is 13.1. The molecule has 1 aromatic heterocycles. The van der Waals surface area contributed by atoms with E-state index < -0.39 is 21.4 Å². The van der Waals surface area contributed by atoms with Crippen LogP contribution in [0.5, 0.6) is 11.5 Å². The van der Waals surface area contributed by atoms with Crippen LogP contribution < -0.4 is 8.92 Å². The summed E-state index contributed by atoms with van der Waals surface area (Å²) < 4.78 is 75.8. The average molecular weight is 564 g/mol. The van der Waals surface area contributed by atoms with E-state index in [1.165, 1.54) is 12.3 Å². The van der Waals surface area contributed by atoms with Crippen molar-refractivity contribution in [2.45, 2.75) is 71.6 Å². The van der Waals surface area contributed by atoms with Gasteiger partial charge in [0.05, 0.1) is 5.52 Å². The fraction of sp³-hybridized carbons (Fsp3) is 0.560. The number of carbonyl (C=O) groups is 1. The summed E-state index contributed by atoms with van der Waals surface area (Å²) in [5.74, 6) is -0.168. The smallest absolute Gasteiger partial charge is 0.486 e. The number of benzene rings is 1. The molecule has 0 bridgehead atoms. The lowest BCUT2D eigenvalue weighted by atomic mass is 10.1. The molecular formula is C25H36F3N3O6S. The molecule has 9 nitrogen and oxygen atoms in total. The second-order valence-corrected chi connectivity index (χ2v) is 10.9. The maximum absolute atomic E-state index is 12.7. The number of allylic oxidation sites excluding steroid dienone is 2. The van der Waals surface area contributed by atoms with E-state index in [2.05, 4.69) is 23.8 Å². The van der Waals surface area contributed by atoms with Crippen molar-refractivity contribution >= 4 is 27.5 Å². The van der Waals surface area contributed by atoms with E-state index >= 15 is 0 Å². The Morgan fingerprint density at radius 1 is 1.05 bits per heavy atom. The van der Waals surface area contributed by atoms with Crippen molar-refractivity contribution in [1.29, 1.82) is 0 Å². The van der Waals surface area contributed by atoms with Crippen LogP contribution in [0.2, 0.25) is 0 Å². The lowest BCUT2D eigenvalue weighted by Gasteiger charge is -2.29. The number of hydrogen-bond acceptors (Lipinski definition) is 9. The van der Waals surface area contributed by atoms with Gasteiger partial charge in [-0.05, 0) is 67.5 Å². The summed E-state index contributed by atoms with van der Waals surface area (Å²) in [4.78, 5) is 19.9. The van der Waals surface area contributed by atoms with Crippen molar-refractivity contribution in [2.75, 3.05) is 20.1 Å². The van der Waals surface area contributed by atoms with E-state index in [4.69, 9.17) is 4.74 Å². The standard InChI is InChI=1S/C16H18F3N3O4S.C5H10O2.C4H8/c1-10-20-9-11-7-15(26-27(23,24)16(17,18)19)14(8-13(11)21-10)25-12-3-5-22(2)6-4-12;1-5(2,3)7-4-6;1-3-4-2/h7-9,12H,3-6H2,1-2H3;4H,1-3H3;3-4H,1-2H3/b;;4-3-. The fourth-order valence-electron chi connectivity index (χ4n) is 2.88. The van der Waals surface area contributed by atoms with Crippen LogP contribution in [-0.2, 0) is 19.6 Å². The fourth-order valence-corrected chi connectivity index (χ4v) is 3.34. The molecule has 0 spiro atoms. The van der Waals surface area contributed by atoms with Crippen LogP contribution >= 0.6 is 0 Å². The second kappa shape index (κ2) is 14.3. The summed E-state index contributed by atoms with van der Waals surface area (Å²) in [5.41, 5.74) is -5.44. The third-order valence-corrected chi connectivity index (χ3v) is 5.91. The zero-order valence-corrected chi connectivity index (χ0v) is 23.5. The Labute approximate surface area is 222 Å². The van der Waals surface area contributed by atoms with Crippen LogP contribution in [-0.4, -0.2) is 67.1 Å². The van der Waals surface area contributed by atoms with Crippen LogP contribution in [0.4, 0.5) is 13.2 Å². The van der Waals surface area contributed by atoms with Crippen molar-refractivity contribution in [3.63, 3.8) is 0 Å². The molecule has 0 N–H and O–H groups in total. The summed E-state index contributed by atoms with van der Waals surface area (Å²) in [6, 6.07) is 2.52. The van der Waals surface area contributed by atoms with Crippen molar-refractivity contribution in [3.8, 4) is 11.5 Å². The number of halogens is 3. The number of carbonyl (C=O) groups excluding carboxylic acids is 1. The highest BCUT2D eigenvalue weighted by molar-refractivity contribution is 7.88. The first-order valence-corrected chi connectivity index (χ1v) is 13.3. The Bertz CT molecular complexity index is 1170. The maximum Gasteiger partial charge on any atom is 0.534 e. The normalized spacial score (nSPS) is 15.2. The van der Waals surface area contributed by atoms with Gasteiger partial charge in [0.25, 0.3) is 6.47 Å². The predicted molar refractivity (Wildman–Crippen MR) is 138 cm³/mol. The molecule has 1 aliphatic heterocycles. The Hall–Kier alpha value is -2.93. The van der Waals surface area contributed by atoms with Gasteiger partial charge in [-0.1, -0.05) is 12.2 Å². The van der Waals surface area contributed by atoms with Gasteiger partial charge in [-0.15, -0.1) is 0 Å². The highest BCUT2D eigenvalue weighted by Gasteiger charge is 2.49. The van der Waals surface area contributed by atoms with Crippen molar-refractivity contribution in [3.05, 3.63) is 36.3 Å². The second-order valence-electron chi connectivity index (χ2n) is 9.37. The predicted octanol–water partition coefficient (Wildman–Crippen LogP) is 5.18. The molecule has 0 aliphatic carbocycles. The molecule has 0 saturated carbocycles. The van der Waals surface area contributed by atoms with Crippen LogP contribution in [0.15, 0.2) is 30.5 Å². The van der Waals surface area contributed by atoms with Gasteiger partial charge < -0.3 is 18.6 Å². The van der Waals surface area contributed by atoms with Gasteiger partial charge in [0.1, 0.15) is 17.5 Å². The summed E-state index contributed by atoms with van der Waals surface area (Å²) in [5, 5.41) is 0.337. The van der Waals surface area contributed by atoms with Gasteiger partial charge in [0, 0.05) is 30.7 Å². The van der Waals surface area contributed by atoms with E-state index in [-0.39, 0.29) is 17.5 Å². The topological polar surface area (TPSA) is 108 Å². The van der Waals surface area contributed by atoms with Gasteiger partial charge in [-0.3, -0.25) is 4.79 Å². The summed E-state index contributed by atoms with van der Waals surface area (Å²) in [6.07, 6.45) is 6.42. The van der Waals surface area contributed by atoms with Crippen LogP contribution in [0, 0.1) is 6.92 Å². The SMILES string of the molecule is C/C=C\C.CC(C)(C)OC=O.Cc1ncc2cc(OS(=O)(=O)C(F)(F)F)c(OC3CCN(C)CC3)cc2n1. The summed E-state index contributed by atoms with van der Waals surface area (Å²) >= 11 is 0. The number of rotatable bonds is 5. The molecule has 0 amide bonds. The van der Waals surface area contributed by atoms with E-state index in [1.54, 1.807) is 6.92 Å². The molecule has 214 valence electrons. The molecule has 0 atom stereocenters. The third kappa shape index (κ3) is 11.2. The molecule has 3 rings (SSSR count). The van der Waals surface area contributed by atoms with Gasteiger partial charge in [0.15, 0.2) is 11.5 Å². The van der Waals surface area contributed by atoms with E-state index in [0.29, 0.717) is 36.0 Å². The van der Waals surface area contributed by atoms with Crippen molar-refractivity contribution < 1.29 is 40.0 Å². The van der Waals surface area contributed by atoms with E-state index in [1.807, 2.05) is 53.8 Å². The number of aryl methyl sites for hydroxylation is 1. The molecule has 0 unspecified atom stereocenters. The number of nitrogens with zero attached hydrogens (tertiary/aromatic N) is 3. The minimum Gasteiger partial charge on any atom is -0.486 e. The Balaban J connectivity index is 0.000000554. The van der Waals surface area contributed by atoms with Gasteiger partial charge in [-0.25, -0.2) is 9.97 Å². The monoisotopic (exact) mass is 563 g/mol. The number of fused-ring (bicyclic) bond motifs is 1. The first-order valence-electron chi connectivity index (χ1n) is 11.8. The molecule has 2 heterocycles. The van der Waals surface area contributed by atoms with E-state index in [9.17, 15) is 26.4 Å². The Kier molecular flexibility index (Phi) is 12.4. The largest absolute Gasteiger partial charge is 0.534 e. The van der Waals surface area contributed by atoms with E-state index in [0.717, 1.165) is 19.2 Å². The minimum atomic E-state index is -5.83. The first-order chi connectivity index (χ1) is 17.5. The van der Waals surface area contributed by atoms with Crippen LogP contribution in [0.1, 0.15) is 53.3 Å². The first kappa shape index (κ1) is 33.1. The highest BCUT2D eigenvalue weighted by atomic mass is 32.2. The zero-order chi connectivity index (χ0) is 29.1. The molecule has 38 heavy (non-hydrogen) atoms. The molecule has 1 aliphatic rings.